The standard InChI is InChI=1S/C22H30N4O2/c1-4-18-12-9-13-19(5-2)20(18)26(3)22(27)25-21(23)24-14-15-28-16-17-10-7-6-8-11-17/h6-13H,4-5,14-16H2,1-3H3,(H3,23,24,25,27). The van der Waals surface area contributed by atoms with Gasteiger partial charge in [-0.25, -0.2) is 4.79 Å². The van der Waals surface area contributed by atoms with E-state index in [9.17, 15) is 4.79 Å². The van der Waals surface area contributed by atoms with Crippen LogP contribution in [0.2, 0.25) is 0 Å². The number of hydrogen-bond acceptors (Lipinski definition) is 3. The molecule has 150 valence electrons. The van der Waals surface area contributed by atoms with Gasteiger partial charge in [0.05, 0.1) is 25.4 Å². The summed E-state index contributed by atoms with van der Waals surface area (Å²) in [5.74, 6) is 0.0900. The average molecular weight is 383 g/mol. The number of para-hydroxylation sites is 1. The molecule has 0 aliphatic rings. The van der Waals surface area contributed by atoms with Gasteiger partial charge in [-0.2, -0.15) is 0 Å². The molecule has 0 unspecified atom stereocenters. The molecular weight excluding hydrogens is 352 g/mol. The fraction of sp³-hybridized carbons (Fsp3) is 0.364. The molecule has 2 aromatic carbocycles. The van der Waals surface area contributed by atoms with Crippen molar-refractivity contribution in [3.8, 4) is 0 Å². The molecule has 0 radical (unpaired) electrons. The molecular formula is C22H30N4O2. The number of benzene rings is 2. The highest BCUT2D eigenvalue weighted by Crippen LogP contribution is 2.26. The van der Waals surface area contributed by atoms with Gasteiger partial charge in [-0.15, -0.1) is 0 Å². The van der Waals surface area contributed by atoms with Gasteiger partial charge < -0.3 is 10.5 Å². The highest BCUT2D eigenvalue weighted by atomic mass is 16.5. The van der Waals surface area contributed by atoms with Crippen LogP contribution in [0.25, 0.3) is 0 Å². The van der Waals surface area contributed by atoms with Crippen LogP contribution in [0.4, 0.5) is 10.5 Å². The molecule has 2 amide bonds. The van der Waals surface area contributed by atoms with Crippen molar-refractivity contribution in [2.45, 2.75) is 33.3 Å². The van der Waals surface area contributed by atoms with Gasteiger partial charge in [-0.05, 0) is 29.5 Å². The Morgan fingerprint density at radius 1 is 1.07 bits per heavy atom. The van der Waals surface area contributed by atoms with E-state index in [0.29, 0.717) is 19.8 Å². The van der Waals surface area contributed by atoms with Gasteiger partial charge in [0.15, 0.2) is 5.96 Å². The zero-order chi connectivity index (χ0) is 20.4. The van der Waals surface area contributed by atoms with Gasteiger partial charge in [0.1, 0.15) is 0 Å². The van der Waals surface area contributed by atoms with Gasteiger partial charge in [-0.1, -0.05) is 62.4 Å². The summed E-state index contributed by atoms with van der Waals surface area (Å²) in [7, 11) is 1.75. The van der Waals surface area contributed by atoms with Crippen LogP contribution >= 0.6 is 0 Å². The number of amides is 2. The van der Waals surface area contributed by atoms with Crippen LogP contribution in [0.15, 0.2) is 53.5 Å². The molecule has 0 fully saturated rings. The molecule has 0 saturated carbocycles. The van der Waals surface area contributed by atoms with E-state index in [-0.39, 0.29) is 12.0 Å². The van der Waals surface area contributed by atoms with E-state index in [1.807, 2.05) is 48.5 Å². The zero-order valence-corrected chi connectivity index (χ0v) is 16.9. The molecule has 0 aromatic heterocycles. The molecule has 6 nitrogen and oxygen atoms in total. The van der Waals surface area contributed by atoms with Crippen LogP contribution in [0.3, 0.4) is 0 Å². The number of guanidine groups is 1. The van der Waals surface area contributed by atoms with Crippen LogP contribution in [0, 0.1) is 0 Å². The highest BCUT2D eigenvalue weighted by molar-refractivity contribution is 6.03. The second-order valence-electron chi connectivity index (χ2n) is 6.43. The fourth-order valence-corrected chi connectivity index (χ4v) is 2.98. The van der Waals surface area contributed by atoms with Gasteiger partial charge >= 0.3 is 6.03 Å². The highest BCUT2D eigenvalue weighted by Gasteiger charge is 2.17. The van der Waals surface area contributed by atoms with E-state index in [1.54, 1.807) is 11.9 Å². The van der Waals surface area contributed by atoms with Crippen LogP contribution in [-0.2, 0) is 24.2 Å². The first-order valence-corrected chi connectivity index (χ1v) is 9.63. The lowest BCUT2D eigenvalue weighted by atomic mass is 10.0. The minimum atomic E-state index is -0.304. The molecule has 0 aliphatic heterocycles. The Bertz CT molecular complexity index is 768. The Morgan fingerprint density at radius 3 is 2.32 bits per heavy atom. The van der Waals surface area contributed by atoms with Crippen LogP contribution < -0.4 is 16.0 Å². The van der Waals surface area contributed by atoms with Crippen LogP contribution in [0.1, 0.15) is 30.5 Å². The summed E-state index contributed by atoms with van der Waals surface area (Å²) in [6, 6.07) is 15.7. The molecule has 0 spiro atoms. The van der Waals surface area contributed by atoms with E-state index in [2.05, 4.69) is 24.2 Å². The van der Waals surface area contributed by atoms with Crippen molar-refractivity contribution in [1.82, 2.24) is 5.32 Å². The molecule has 0 bridgehead atoms. The smallest absolute Gasteiger partial charge is 0.328 e. The Balaban J connectivity index is 1.87. The van der Waals surface area contributed by atoms with Crippen LogP contribution in [0.5, 0.6) is 0 Å². The molecule has 2 aromatic rings. The number of nitrogens with zero attached hydrogens (tertiary/aromatic N) is 2. The maximum absolute atomic E-state index is 12.6. The maximum Gasteiger partial charge on any atom is 0.328 e. The Labute approximate surface area is 167 Å². The van der Waals surface area contributed by atoms with Crippen molar-refractivity contribution in [2.75, 3.05) is 25.1 Å². The summed E-state index contributed by atoms with van der Waals surface area (Å²) in [5, 5.41) is 2.65. The third kappa shape index (κ3) is 6.09. The maximum atomic E-state index is 12.6. The van der Waals surface area contributed by atoms with E-state index in [0.717, 1.165) is 35.2 Å². The number of aliphatic imine (C=N–C) groups is 1. The molecule has 28 heavy (non-hydrogen) atoms. The largest absolute Gasteiger partial charge is 0.375 e. The lowest BCUT2D eigenvalue weighted by Gasteiger charge is -2.23. The Hall–Kier alpha value is -2.86. The van der Waals surface area contributed by atoms with Gasteiger partial charge in [-0.3, -0.25) is 15.2 Å². The van der Waals surface area contributed by atoms with Crippen molar-refractivity contribution >= 4 is 17.7 Å². The molecule has 0 atom stereocenters. The van der Waals surface area contributed by atoms with E-state index in [4.69, 9.17) is 10.5 Å². The van der Waals surface area contributed by atoms with Gasteiger partial charge in [0, 0.05) is 7.05 Å². The number of rotatable bonds is 8. The van der Waals surface area contributed by atoms with E-state index in [1.165, 1.54) is 0 Å². The first-order valence-electron chi connectivity index (χ1n) is 9.63. The SMILES string of the molecule is CCc1cccc(CC)c1N(C)C(=O)NC(N)=NCCOCc1ccccc1. The molecule has 2 rings (SSSR count). The molecule has 0 heterocycles. The summed E-state index contributed by atoms with van der Waals surface area (Å²) < 4.78 is 5.57. The number of ether oxygens (including phenoxy) is 1. The molecule has 0 aliphatic carbocycles. The number of aryl methyl sites for hydroxylation is 2. The summed E-state index contributed by atoms with van der Waals surface area (Å²) >= 11 is 0. The Kier molecular flexibility index (Phi) is 8.49. The number of urea groups is 1. The quantitative estimate of drug-likeness (QED) is 0.417. The number of carbonyl (C=O) groups is 1. The van der Waals surface area contributed by atoms with Crippen molar-refractivity contribution < 1.29 is 9.53 Å². The monoisotopic (exact) mass is 382 g/mol. The number of carbonyl (C=O) groups excluding carboxylic acids is 1. The van der Waals surface area contributed by atoms with Crippen molar-refractivity contribution in [1.29, 1.82) is 0 Å². The lowest BCUT2D eigenvalue weighted by Crippen LogP contribution is -2.45. The number of nitrogens with two attached hydrogens (primary N) is 1. The summed E-state index contributed by atoms with van der Waals surface area (Å²) in [4.78, 5) is 18.4. The average Bonchev–Trinajstić information content (AvgIpc) is 2.72. The topological polar surface area (TPSA) is 80.0 Å². The first-order chi connectivity index (χ1) is 13.6. The molecule has 0 saturated heterocycles. The van der Waals surface area contributed by atoms with Crippen molar-refractivity contribution in [3.63, 3.8) is 0 Å². The van der Waals surface area contributed by atoms with Crippen molar-refractivity contribution in [2.24, 2.45) is 10.7 Å². The van der Waals surface area contributed by atoms with Gasteiger partial charge in [0.25, 0.3) is 0 Å². The number of hydrogen-bond donors (Lipinski definition) is 2. The second kappa shape index (κ2) is 11.1. The van der Waals surface area contributed by atoms with Crippen LogP contribution in [-0.4, -0.2) is 32.2 Å². The second-order valence-corrected chi connectivity index (χ2v) is 6.43. The normalized spacial score (nSPS) is 11.3. The van der Waals surface area contributed by atoms with Gasteiger partial charge in [0.2, 0.25) is 0 Å². The zero-order valence-electron chi connectivity index (χ0n) is 16.9. The minimum Gasteiger partial charge on any atom is -0.375 e. The summed E-state index contributed by atoms with van der Waals surface area (Å²) in [5.41, 5.74) is 10.2. The van der Waals surface area contributed by atoms with E-state index >= 15 is 0 Å². The predicted molar refractivity (Wildman–Crippen MR) is 115 cm³/mol. The lowest BCUT2D eigenvalue weighted by molar-refractivity contribution is 0.128. The summed E-state index contributed by atoms with van der Waals surface area (Å²) in [6.07, 6.45) is 1.70. The van der Waals surface area contributed by atoms with E-state index < -0.39 is 0 Å². The Morgan fingerprint density at radius 2 is 1.71 bits per heavy atom. The number of anilines is 1. The summed E-state index contributed by atoms with van der Waals surface area (Å²) in [6.45, 7) is 5.50. The molecule has 3 N–H and O–H groups in total. The van der Waals surface area contributed by atoms with Crippen molar-refractivity contribution in [3.05, 3.63) is 65.2 Å². The third-order valence-electron chi connectivity index (χ3n) is 4.47. The first kappa shape index (κ1) is 21.4. The molecule has 6 heteroatoms. The fourth-order valence-electron chi connectivity index (χ4n) is 2.98. The third-order valence-corrected chi connectivity index (χ3v) is 4.47. The predicted octanol–water partition coefficient (Wildman–Crippen LogP) is 3.49. The minimum absolute atomic E-state index is 0.0900. The number of nitrogens with one attached hydrogen (secondary N) is 1.